The third-order valence-electron chi connectivity index (χ3n) is 2.82. The second kappa shape index (κ2) is 8.23. The van der Waals surface area contributed by atoms with Gasteiger partial charge in [-0.25, -0.2) is 0 Å². The number of benzene rings is 1. The van der Waals surface area contributed by atoms with Crippen molar-refractivity contribution in [2.45, 2.75) is 39.1 Å². The van der Waals surface area contributed by atoms with E-state index in [2.05, 4.69) is 25.1 Å². The zero-order chi connectivity index (χ0) is 12.5. The summed E-state index contributed by atoms with van der Waals surface area (Å²) >= 11 is 0. The summed E-state index contributed by atoms with van der Waals surface area (Å²) in [7, 11) is 1.00. The second-order valence-electron chi connectivity index (χ2n) is 4.03. The van der Waals surface area contributed by atoms with Crippen molar-refractivity contribution < 1.29 is 14.6 Å². The van der Waals surface area contributed by atoms with Crippen molar-refractivity contribution in [2.24, 2.45) is 0 Å². The lowest BCUT2D eigenvalue weighted by molar-refractivity contribution is -0.169. The van der Waals surface area contributed by atoms with Crippen LogP contribution in [0.4, 0.5) is 0 Å². The van der Waals surface area contributed by atoms with E-state index in [0.29, 0.717) is 6.61 Å². The first-order chi connectivity index (χ1) is 8.36. The molecule has 1 N–H and O–H groups in total. The summed E-state index contributed by atoms with van der Waals surface area (Å²) in [4.78, 5) is 0. The highest BCUT2D eigenvalue weighted by Gasteiger charge is 2.13. The lowest BCUT2D eigenvalue weighted by Crippen LogP contribution is -2.22. The Balaban J connectivity index is 0.000000686. The molecule has 1 aliphatic heterocycles. The van der Waals surface area contributed by atoms with Crippen LogP contribution in [-0.2, 0) is 16.1 Å². The Morgan fingerprint density at radius 3 is 2.71 bits per heavy atom. The van der Waals surface area contributed by atoms with Crippen LogP contribution >= 0.6 is 0 Å². The van der Waals surface area contributed by atoms with Crippen molar-refractivity contribution in [3.8, 4) is 0 Å². The Kier molecular flexibility index (Phi) is 6.86. The fourth-order valence-corrected chi connectivity index (χ4v) is 1.80. The van der Waals surface area contributed by atoms with E-state index in [1.165, 1.54) is 24.0 Å². The van der Waals surface area contributed by atoms with E-state index in [1.54, 1.807) is 0 Å². The van der Waals surface area contributed by atoms with E-state index in [0.717, 1.165) is 20.1 Å². The van der Waals surface area contributed by atoms with Crippen molar-refractivity contribution in [2.75, 3.05) is 13.7 Å². The van der Waals surface area contributed by atoms with Crippen molar-refractivity contribution >= 4 is 0 Å². The minimum Gasteiger partial charge on any atom is -0.400 e. The van der Waals surface area contributed by atoms with E-state index in [1.807, 2.05) is 6.07 Å². The molecule has 0 bridgehead atoms. The molecule has 3 nitrogen and oxygen atoms in total. The van der Waals surface area contributed by atoms with Gasteiger partial charge in [-0.2, -0.15) is 0 Å². The molecule has 2 rings (SSSR count). The van der Waals surface area contributed by atoms with Crippen molar-refractivity contribution in [1.29, 1.82) is 0 Å². The number of hydrogen-bond acceptors (Lipinski definition) is 3. The number of rotatable bonds is 3. The van der Waals surface area contributed by atoms with Crippen LogP contribution in [0.3, 0.4) is 0 Å². The minimum absolute atomic E-state index is 0.0124. The SMILES string of the molecule is CO.Cc1ccccc1COC1CCCCO1. The molecule has 1 unspecified atom stereocenters. The van der Waals surface area contributed by atoms with E-state index < -0.39 is 0 Å². The van der Waals surface area contributed by atoms with Gasteiger partial charge in [0.05, 0.1) is 6.61 Å². The summed E-state index contributed by atoms with van der Waals surface area (Å²) in [6.45, 7) is 3.62. The summed E-state index contributed by atoms with van der Waals surface area (Å²) < 4.78 is 11.2. The molecule has 1 atom stereocenters. The Labute approximate surface area is 103 Å². The second-order valence-corrected chi connectivity index (χ2v) is 4.03. The van der Waals surface area contributed by atoms with Gasteiger partial charge in [0.25, 0.3) is 0 Å². The normalized spacial score (nSPS) is 19.4. The quantitative estimate of drug-likeness (QED) is 0.879. The molecule has 3 heteroatoms. The van der Waals surface area contributed by atoms with E-state index in [9.17, 15) is 0 Å². The van der Waals surface area contributed by atoms with Gasteiger partial charge in [0, 0.05) is 13.7 Å². The number of ether oxygens (including phenoxy) is 2. The van der Waals surface area contributed by atoms with E-state index in [4.69, 9.17) is 14.6 Å². The molecule has 1 aromatic rings. The van der Waals surface area contributed by atoms with Crippen LogP contribution < -0.4 is 0 Å². The number of hydrogen-bond donors (Lipinski definition) is 1. The molecule has 0 amide bonds. The maximum absolute atomic E-state index is 7.00. The Morgan fingerprint density at radius 1 is 1.29 bits per heavy atom. The van der Waals surface area contributed by atoms with Crippen molar-refractivity contribution in [3.63, 3.8) is 0 Å². The third-order valence-corrected chi connectivity index (χ3v) is 2.82. The highest BCUT2D eigenvalue weighted by atomic mass is 16.7. The fraction of sp³-hybridized carbons (Fsp3) is 0.571. The first-order valence-electron chi connectivity index (χ1n) is 6.09. The van der Waals surface area contributed by atoms with Gasteiger partial charge in [-0.15, -0.1) is 0 Å². The molecule has 1 saturated heterocycles. The van der Waals surface area contributed by atoms with Crippen LogP contribution in [0.2, 0.25) is 0 Å². The first kappa shape index (κ1) is 14.2. The summed E-state index contributed by atoms with van der Waals surface area (Å²) in [6, 6.07) is 8.32. The Morgan fingerprint density at radius 2 is 2.06 bits per heavy atom. The molecule has 0 radical (unpaired) electrons. The van der Waals surface area contributed by atoms with Crippen molar-refractivity contribution in [3.05, 3.63) is 35.4 Å². The molecular formula is C14H22O3. The molecule has 96 valence electrons. The topological polar surface area (TPSA) is 38.7 Å². The maximum Gasteiger partial charge on any atom is 0.158 e. The largest absolute Gasteiger partial charge is 0.400 e. The molecule has 1 heterocycles. The number of aliphatic hydroxyl groups excluding tert-OH is 1. The zero-order valence-corrected chi connectivity index (χ0v) is 10.7. The Bertz CT molecular complexity index is 306. The van der Waals surface area contributed by atoms with Crippen LogP contribution in [-0.4, -0.2) is 25.1 Å². The molecule has 0 saturated carbocycles. The van der Waals surface area contributed by atoms with Crippen LogP contribution in [0.1, 0.15) is 30.4 Å². The molecule has 1 fully saturated rings. The smallest absolute Gasteiger partial charge is 0.158 e. The van der Waals surface area contributed by atoms with Crippen molar-refractivity contribution in [1.82, 2.24) is 0 Å². The maximum atomic E-state index is 7.00. The fourth-order valence-electron chi connectivity index (χ4n) is 1.80. The van der Waals surface area contributed by atoms with Gasteiger partial charge in [0.15, 0.2) is 6.29 Å². The number of aliphatic hydroxyl groups is 1. The molecular weight excluding hydrogens is 216 g/mol. The predicted octanol–water partition coefficient (Wildman–Crippen LogP) is 2.65. The van der Waals surface area contributed by atoms with Gasteiger partial charge in [0.2, 0.25) is 0 Å². The highest BCUT2D eigenvalue weighted by molar-refractivity contribution is 5.24. The average molecular weight is 238 g/mol. The third kappa shape index (κ3) is 4.86. The van der Waals surface area contributed by atoms with Crippen LogP contribution in [0.25, 0.3) is 0 Å². The predicted molar refractivity (Wildman–Crippen MR) is 67.7 cm³/mol. The lowest BCUT2D eigenvalue weighted by Gasteiger charge is -2.23. The summed E-state index contributed by atoms with van der Waals surface area (Å²) in [5.74, 6) is 0. The summed E-state index contributed by atoms with van der Waals surface area (Å²) in [5, 5.41) is 7.00. The van der Waals surface area contributed by atoms with Crippen LogP contribution in [0.5, 0.6) is 0 Å². The minimum atomic E-state index is 0.0124. The van der Waals surface area contributed by atoms with Gasteiger partial charge in [-0.3, -0.25) is 0 Å². The average Bonchev–Trinajstić information content (AvgIpc) is 2.41. The standard InChI is InChI=1S/C13H18O2.CH4O/c1-11-6-2-3-7-12(11)10-15-13-8-4-5-9-14-13;1-2/h2-3,6-7,13H,4-5,8-10H2,1H3;2H,1H3. The van der Waals surface area contributed by atoms with Crippen LogP contribution in [0, 0.1) is 6.92 Å². The molecule has 0 spiro atoms. The molecule has 1 aliphatic rings. The number of aryl methyl sites for hydroxylation is 1. The van der Waals surface area contributed by atoms with Crippen LogP contribution in [0.15, 0.2) is 24.3 Å². The van der Waals surface area contributed by atoms with Gasteiger partial charge < -0.3 is 14.6 Å². The van der Waals surface area contributed by atoms with Gasteiger partial charge >= 0.3 is 0 Å². The first-order valence-corrected chi connectivity index (χ1v) is 6.09. The lowest BCUT2D eigenvalue weighted by atomic mass is 10.1. The summed E-state index contributed by atoms with van der Waals surface area (Å²) in [6.07, 6.45) is 3.44. The molecule has 0 aromatic heterocycles. The van der Waals surface area contributed by atoms with E-state index in [-0.39, 0.29) is 6.29 Å². The summed E-state index contributed by atoms with van der Waals surface area (Å²) in [5.41, 5.74) is 2.54. The highest BCUT2D eigenvalue weighted by Crippen LogP contribution is 2.16. The Hall–Kier alpha value is -0.900. The molecule has 17 heavy (non-hydrogen) atoms. The molecule has 1 aromatic carbocycles. The van der Waals surface area contributed by atoms with E-state index >= 15 is 0 Å². The van der Waals surface area contributed by atoms with Gasteiger partial charge in [-0.1, -0.05) is 24.3 Å². The molecule has 0 aliphatic carbocycles. The van der Waals surface area contributed by atoms with Gasteiger partial charge in [-0.05, 0) is 37.3 Å². The van der Waals surface area contributed by atoms with Gasteiger partial charge in [0.1, 0.15) is 0 Å². The zero-order valence-electron chi connectivity index (χ0n) is 10.7. The monoisotopic (exact) mass is 238 g/mol.